The average Bonchev–Trinajstić information content (AvgIpc) is 2.95. The molecule has 1 aromatic heterocycles. The van der Waals surface area contributed by atoms with E-state index in [1.165, 1.54) is 32.0 Å². The van der Waals surface area contributed by atoms with Gasteiger partial charge >= 0.3 is 0 Å². The predicted molar refractivity (Wildman–Crippen MR) is 93.4 cm³/mol. The molecule has 0 bridgehead atoms. The number of aryl methyl sites for hydroxylation is 1. The van der Waals surface area contributed by atoms with E-state index in [1.807, 2.05) is 11.6 Å². The third-order valence-corrected chi connectivity index (χ3v) is 5.95. The summed E-state index contributed by atoms with van der Waals surface area (Å²) in [6.07, 6.45) is 4.26. The zero-order chi connectivity index (χ0) is 18.0. The quantitative estimate of drug-likeness (QED) is 0.844. The average molecular weight is 365 g/mol. The minimum atomic E-state index is -3.67. The Kier molecular flexibility index (Phi) is 5.01. The van der Waals surface area contributed by atoms with Gasteiger partial charge in [-0.2, -0.15) is 0 Å². The van der Waals surface area contributed by atoms with E-state index in [4.69, 9.17) is 9.47 Å². The third kappa shape index (κ3) is 3.50. The molecule has 0 saturated carbocycles. The molecule has 1 aliphatic rings. The summed E-state index contributed by atoms with van der Waals surface area (Å²) >= 11 is 0. The molecule has 1 aromatic carbocycles. The molecule has 3 rings (SSSR count). The van der Waals surface area contributed by atoms with Gasteiger partial charge in [-0.05, 0) is 37.8 Å². The smallest absolute Gasteiger partial charge is 0.241 e. The van der Waals surface area contributed by atoms with E-state index < -0.39 is 10.0 Å². The van der Waals surface area contributed by atoms with Crippen LogP contribution in [0.15, 0.2) is 23.1 Å². The summed E-state index contributed by atoms with van der Waals surface area (Å²) in [5.41, 5.74) is 2.31. The van der Waals surface area contributed by atoms with Gasteiger partial charge in [0.2, 0.25) is 10.0 Å². The number of methoxy groups -OCH3 is 2. The SMILES string of the molecule is COc1ccc(S(=O)(=O)NCc2nc3c(n2C)CCCC3)cc1OC. The van der Waals surface area contributed by atoms with Gasteiger partial charge < -0.3 is 14.0 Å². The van der Waals surface area contributed by atoms with Crippen LogP contribution in [0.4, 0.5) is 0 Å². The van der Waals surface area contributed by atoms with E-state index in [0.717, 1.165) is 37.2 Å². The second-order valence-electron chi connectivity index (χ2n) is 6.03. The Balaban J connectivity index is 1.79. The van der Waals surface area contributed by atoms with Crippen molar-refractivity contribution in [1.29, 1.82) is 0 Å². The lowest BCUT2D eigenvalue weighted by Gasteiger charge is -2.12. The summed E-state index contributed by atoms with van der Waals surface area (Å²) in [5.74, 6) is 1.59. The van der Waals surface area contributed by atoms with Crippen molar-refractivity contribution >= 4 is 10.0 Å². The third-order valence-electron chi connectivity index (χ3n) is 4.55. The van der Waals surface area contributed by atoms with Gasteiger partial charge in [0.05, 0.1) is 31.4 Å². The number of hydrogen-bond acceptors (Lipinski definition) is 5. The van der Waals surface area contributed by atoms with Crippen molar-refractivity contribution in [2.24, 2.45) is 7.05 Å². The molecule has 0 amide bonds. The molecule has 0 fully saturated rings. The summed E-state index contributed by atoms with van der Waals surface area (Å²) < 4.78 is 40.1. The molecule has 0 unspecified atom stereocenters. The Morgan fingerprint density at radius 2 is 1.88 bits per heavy atom. The first-order valence-corrected chi connectivity index (χ1v) is 9.69. The highest BCUT2D eigenvalue weighted by Crippen LogP contribution is 2.29. The second-order valence-corrected chi connectivity index (χ2v) is 7.80. The molecule has 2 aromatic rings. The monoisotopic (exact) mass is 365 g/mol. The van der Waals surface area contributed by atoms with Gasteiger partial charge in [-0.1, -0.05) is 0 Å². The molecular formula is C17H23N3O4S. The van der Waals surface area contributed by atoms with Crippen molar-refractivity contribution in [2.75, 3.05) is 14.2 Å². The van der Waals surface area contributed by atoms with Crippen molar-refractivity contribution < 1.29 is 17.9 Å². The Morgan fingerprint density at radius 1 is 1.16 bits per heavy atom. The molecular weight excluding hydrogens is 342 g/mol. The van der Waals surface area contributed by atoms with Gasteiger partial charge in [0, 0.05) is 18.8 Å². The maximum atomic E-state index is 12.6. The van der Waals surface area contributed by atoms with Crippen LogP contribution in [-0.2, 0) is 36.5 Å². The van der Waals surface area contributed by atoms with Crippen molar-refractivity contribution in [1.82, 2.24) is 14.3 Å². The van der Waals surface area contributed by atoms with Crippen LogP contribution in [0.1, 0.15) is 30.1 Å². The molecule has 0 spiro atoms. The zero-order valence-electron chi connectivity index (χ0n) is 14.7. The lowest BCUT2D eigenvalue weighted by molar-refractivity contribution is 0.354. The van der Waals surface area contributed by atoms with Gasteiger partial charge in [-0.25, -0.2) is 18.1 Å². The number of hydrogen-bond donors (Lipinski definition) is 1. The lowest BCUT2D eigenvalue weighted by atomic mass is 10.0. The molecule has 136 valence electrons. The lowest BCUT2D eigenvalue weighted by Crippen LogP contribution is -2.25. The fraction of sp³-hybridized carbons (Fsp3) is 0.471. The van der Waals surface area contributed by atoms with Crippen molar-refractivity contribution in [3.8, 4) is 11.5 Å². The van der Waals surface area contributed by atoms with Crippen molar-refractivity contribution in [3.63, 3.8) is 0 Å². The van der Waals surface area contributed by atoms with Crippen molar-refractivity contribution in [2.45, 2.75) is 37.1 Å². The minimum Gasteiger partial charge on any atom is -0.493 e. The van der Waals surface area contributed by atoms with Gasteiger partial charge in [0.25, 0.3) is 0 Å². The van der Waals surface area contributed by atoms with Gasteiger partial charge in [0.1, 0.15) is 5.82 Å². The second kappa shape index (κ2) is 7.05. The van der Waals surface area contributed by atoms with E-state index in [9.17, 15) is 8.42 Å². The standard InChI is InChI=1S/C17H23N3O4S/c1-20-14-7-5-4-6-13(14)19-17(20)11-18-25(21,22)12-8-9-15(23-2)16(10-12)24-3/h8-10,18H,4-7,11H2,1-3H3. The molecule has 8 heteroatoms. The number of benzene rings is 1. The molecule has 0 saturated heterocycles. The Morgan fingerprint density at radius 3 is 2.56 bits per heavy atom. The highest BCUT2D eigenvalue weighted by atomic mass is 32.2. The Hall–Kier alpha value is -2.06. The van der Waals surface area contributed by atoms with Crippen LogP contribution in [0.2, 0.25) is 0 Å². The van der Waals surface area contributed by atoms with E-state index in [0.29, 0.717) is 11.5 Å². The first kappa shape index (κ1) is 17.8. The normalized spacial score (nSPS) is 14.2. The number of fused-ring (bicyclic) bond motifs is 1. The number of imidazole rings is 1. The summed E-state index contributed by atoms with van der Waals surface area (Å²) in [4.78, 5) is 4.73. The van der Waals surface area contributed by atoms with Crippen LogP contribution in [0, 0.1) is 0 Å². The highest BCUT2D eigenvalue weighted by molar-refractivity contribution is 7.89. The molecule has 1 heterocycles. The minimum absolute atomic E-state index is 0.129. The summed E-state index contributed by atoms with van der Waals surface area (Å²) in [7, 11) is 1.25. The van der Waals surface area contributed by atoms with Crippen LogP contribution in [-0.4, -0.2) is 32.2 Å². The van der Waals surface area contributed by atoms with Crippen LogP contribution < -0.4 is 14.2 Å². The van der Waals surface area contributed by atoms with Crippen LogP contribution >= 0.6 is 0 Å². The van der Waals surface area contributed by atoms with Crippen LogP contribution in [0.25, 0.3) is 0 Å². The van der Waals surface area contributed by atoms with Gasteiger partial charge in [0.15, 0.2) is 11.5 Å². The maximum Gasteiger partial charge on any atom is 0.241 e. The zero-order valence-corrected chi connectivity index (χ0v) is 15.5. The summed E-state index contributed by atoms with van der Waals surface area (Å²) in [6.45, 7) is 0.153. The molecule has 1 aliphatic carbocycles. The molecule has 1 N–H and O–H groups in total. The van der Waals surface area contributed by atoms with E-state index in [1.54, 1.807) is 6.07 Å². The topological polar surface area (TPSA) is 82.5 Å². The molecule has 25 heavy (non-hydrogen) atoms. The molecule has 7 nitrogen and oxygen atoms in total. The fourth-order valence-electron chi connectivity index (χ4n) is 3.13. The first-order valence-electron chi connectivity index (χ1n) is 8.21. The number of nitrogens with one attached hydrogen (secondary N) is 1. The number of aromatic nitrogens is 2. The molecule has 0 atom stereocenters. The predicted octanol–water partition coefficient (Wildman–Crippen LogP) is 1.79. The number of ether oxygens (including phenoxy) is 2. The van der Waals surface area contributed by atoms with E-state index in [2.05, 4.69) is 9.71 Å². The van der Waals surface area contributed by atoms with Crippen molar-refractivity contribution in [3.05, 3.63) is 35.4 Å². The Bertz CT molecular complexity index is 874. The number of sulfonamides is 1. The largest absolute Gasteiger partial charge is 0.493 e. The van der Waals surface area contributed by atoms with Gasteiger partial charge in [-0.3, -0.25) is 0 Å². The fourth-order valence-corrected chi connectivity index (χ4v) is 4.12. The molecule has 0 aliphatic heterocycles. The van der Waals surface area contributed by atoms with E-state index >= 15 is 0 Å². The highest BCUT2D eigenvalue weighted by Gasteiger charge is 2.21. The van der Waals surface area contributed by atoms with Crippen LogP contribution in [0.5, 0.6) is 11.5 Å². The first-order chi connectivity index (χ1) is 12.0. The number of nitrogens with zero attached hydrogens (tertiary/aromatic N) is 2. The summed E-state index contributed by atoms with van der Waals surface area (Å²) in [6, 6.07) is 4.52. The van der Waals surface area contributed by atoms with Gasteiger partial charge in [-0.15, -0.1) is 0 Å². The van der Waals surface area contributed by atoms with E-state index in [-0.39, 0.29) is 11.4 Å². The Labute approximate surface area is 148 Å². The van der Waals surface area contributed by atoms with Crippen LogP contribution in [0.3, 0.4) is 0 Å². The summed E-state index contributed by atoms with van der Waals surface area (Å²) in [5, 5.41) is 0. The number of rotatable bonds is 6. The molecule has 0 radical (unpaired) electrons. The maximum absolute atomic E-state index is 12.6.